The van der Waals surface area contributed by atoms with Crippen LogP contribution in [0.25, 0.3) is 0 Å². The van der Waals surface area contributed by atoms with Crippen molar-refractivity contribution in [1.82, 2.24) is 4.31 Å². The van der Waals surface area contributed by atoms with E-state index in [-0.39, 0.29) is 34.6 Å². The number of hydrogen-bond acceptors (Lipinski definition) is 4. The Morgan fingerprint density at radius 3 is 2.55 bits per heavy atom. The Morgan fingerprint density at radius 2 is 2.10 bits per heavy atom. The van der Waals surface area contributed by atoms with Crippen molar-refractivity contribution < 1.29 is 17.9 Å². The van der Waals surface area contributed by atoms with E-state index < -0.39 is 15.8 Å². The number of hydrogen-bond donors (Lipinski definition) is 2. The van der Waals surface area contributed by atoms with Gasteiger partial charge in [0.05, 0.1) is 11.5 Å². The van der Waals surface area contributed by atoms with Crippen LogP contribution in [-0.2, 0) is 10.0 Å². The van der Waals surface area contributed by atoms with Gasteiger partial charge in [-0.25, -0.2) is 12.8 Å². The number of rotatable bonds is 6. The Labute approximate surface area is 123 Å². The lowest BCUT2D eigenvalue weighted by atomic mass is 10.2. The van der Waals surface area contributed by atoms with Crippen LogP contribution in [0.3, 0.4) is 0 Å². The molecule has 0 aromatic heterocycles. The molecule has 112 valence electrons. The lowest BCUT2D eigenvalue weighted by molar-refractivity contribution is 0.236. The average molecular weight is 320 g/mol. The van der Waals surface area contributed by atoms with Gasteiger partial charge in [-0.05, 0) is 32.0 Å². The minimum atomic E-state index is -3.84. The Hall–Kier alpha value is -1.09. The molecule has 1 rings (SSSR count). The molecule has 0 unspecified atom stereocenters. The van der Waals surface area contributed by atoms with E-state index in [4.69, 9.17) is 10.8 Å². The molecule has 8 heteroatoms. The van der Waals surface area contributed by atoms with Crippen LogP contribution in [0.2, 0.25) is 0 Å². The highest BCUT2D eigenvalue weighted by Crippen LogP contribution is 2.21. The van der Waals surface area contributed by atoms with Gasteiger partial charge in [-0.3, -0.25) is 0 Å². The van der Waals surface area contributed by atoms with E-state index >= 15 is 0 Å². The third-order valence-electron chi connectivity index (χ3n) is 2.71. The molecule has 0 aliphatic carbocycles. The molecule has 0 saturated heterocycles. The van der Waals surface area contributed by atoms with E-state index in [0.717, 1.165) is 22.5 Å². The van der Waals surface area contributed by atoms with Crippen molar-refractivity contribution in [3.63, 3.8) is 0 Å². The molecule has 1 aromatic rings. The zero-order chi connectivity index (χ0) is 15.5. The molecule has 0 bridgehead atoms. The highest BCUT2D eigenvalue weighted by atomic mass is 32.2. The van der Waals surface area contributed by atoms with Crippen molar-refractivity contribution >= 4 is 27.2 Å². The molecule has 20 heavy (non-hydrogen) atoms. The molecule has 0 amide bonds. The summed E-state index contributed by atoms with van der Waals surface area (Å²) in [6.07, 6.45) is 0. The molecule has 0 aliphatic rings. The molecule has 5 nitrogen and oxygen atoms in total. The first-order valence-corrected chi connectivity index (χ1v) is 7.78. The van der Waals surface area contributed by atoms with E-state index in [1.54, 1.807) is 13.8 Å². The van der Waals surface area contributed by atoms with E-state index in [1.165, 1.54) is 0 Å². The van der Waals surface area contributed by atoms with Gasteiger partial charge in [-0.1, -0.05) is 12.2 Å². The van der Waals surface area contributed by atoms with Gasteiger partial charge in [0, 0.05) is 18.2 Å². The molecule has 0 spiro atoms. The molecule has 0 heterocycles. The van der Waals surface area contributed by atoms with Gasteiger partial charge in [0.25, 0.3) is 0 Å². The Balaban J connectivity index is 3.34. The monoisotopic (exact) mass is 320 g/mol. The molecular weight excluding hydrogens is 303 g/mol. The van der Waals surface area contributed by atoms with Crippen molar-refractivity contribution in [2.45, 2.75) is 24.8 Å². The highest BCUT2D eigenvalue weighted by molar-refractivity contribution is 7.89. The van der Waals surface area contributed by atoms with Crippen molar-refractivity contribution in [3.8, 4) is 0 Å². The minimum Gasteiger partial charge on any atom is -0.395 e. The van der Waals surface area contributed by atoms with Crippen LogP contribution in [0.15, 0.2) is 23.1 Å². The predicted molar refractivity (Wildman–Crippen MR) is 78.4 cm³/mol. The summed E-state index contributed by atoms with van der Waals surface area (Å²) >= 11 is 4.69. The fraction of sp³-hybridized carbons (Fsp3) is 0.417. The quantitative estimate of drug-likeness (QED) is 0.759. The van der Waals surface area contributed by atoms with Gasteiger partial charge in [-0.2, -0.15) is 4.31 Å². The van der Waals surface area contributed by atoms with Crippen molar-refractivity contribution in [2.75, 3.05) is 13.2 Å². The number of sulfonamides is 1. The number of aliphatic hydroxyl groups is 1. The fourth-order valence-electron chi connectivity index (χ4n) is 1.74. The second-order valence-electron chi connectivity index (χ2n) is 4.44. The van der Waals surface area contributed by atoms with Gasteiger partial charge in [0.15, 0.2) is 0 Å². The summed E-state index contributed by atoms with van der Waals surface area (Å²) in [7, 11) is -3.84. The molecule has 0 saturated carbocycles. The van der Waals surface area contributed by atoms with Crippen LogP contribution < -0.4 is 5.73 Å². The van der Waals surface area contributed by atoms with E-state index in [2.05, 4.69) is 12.2 Å². The van der Waals surface area contributed by atoms with Gasteiger partial charge < -0.3 is 10.8 Å². The lowest BCUT2D eigenvalue weighted by Crippen LogP contribution is -2.39. The summed E-state index contributed by atoms with van der Waals surface area (Å²) < 4.78 is 39.5. The largest absolute Gasteiger partial charge is 0.395 e. The van der Waals surface area contributed by atoms with Crippen LogP contribution >= 0.6 is 12.2 Å². The summed E-state index contributed by atoms with van der Waals surface area (Å²) in [5.74, 6) is -0.672. The van der Waals surface area contributed by atoms with E-state index in [9.17, 15) is 12.8 Å². The average Bonchev–Trinajstić information content (AvgIpc) is 2.35. The number of aliphatic hydroxyl groups excluding tert-OH is 1. The van der Waals surface area contributed by atoms with E-state index in [1.807, 2.05) is 0 Å². The van der Waals surface area contributed by atoms with Crippen LogP contribution in [-0.4, -0.2) is 42.0 Å². The number of nitrogens with two attached hydrogens (primary N) is 1. The van der Waals surface area contributed by atoms with E-state index in [0.29, 0.717) is 0 Å². The normalized spacial score (nSPS) is 12.1. The van der Waals surface area contributed by atoms with Crippen molar-refractivity contribution in [3.05, 3.63) is 29.6 Å². The zero-order valence-electron chi connectivity index (χ0n) is 11.2. The Morgan fingerprint density at radius 1 is 1.50 bits per heavy atom. The molecule has 0 radical (unpaired) electrons. The summed E-state index contributed by atoms with van der Waals surface area (Å²) in [4.78, 5) is -0.318. The first kappa shape index (κ1) is 17.0. The zero-order valence-corrected chi connectivity index (χ0v) is 12.8. The summed E-state index contributed by atoms with van der Waals surface area (Å²) in [6.45, 7) is 3.02. The van der Waals surface area contributed by atoms with Gasteiger partial charge >= 0.3 is 0 Å². The first-order chi connectivity index (χ1) is 9.21. The van der Waals surface area contributed by atoms with Crippen molar-refractivity contribution in [2.24, 2.45) is 5.73 Å². The SMILES string of the molecule is CC(C)N(CCO)S(=O)(=O)c1ccc(F)c(C(N)=S)c1. The van der Waals surface area contributed by atoms with Gasteiger partial charge in [0.1, 0.15) is 10.8 Å². The third kappa shape index (κ3) is 3.51. The smallest absolute Gasteiger partial charge is 0.243 e. The maximum absolute atomic E-state index is 13.5. The summed E-state index contributed by atoms with van der Waals surface area (Å²) in [5.41, 5.74) is 5.25. The fourth-order valence-corrected chi connectivity index (χ4v) is 3.55. The summed E-state index contributed by atoms with van der Waals surface area (Å²) in [5, 5.41) is 8.98. The maximum Gasteiger partial charge on any atom is 0.243 e. The molecule has 0 atom stereocenters. The van der Waals surface area contributed by atoms with Crippen LogP contribution in [0.1, 0.15) is 19.4 Å². The standard InChI is InChI=1S/C12H17FN2O3S2/c1-8(2)15(5-6-16)20(17,18)9-3-4-11(13)10(7-9)12(14)19/h3-4,7-8,16H,5-6H2,1-2H3,(H2,14,19). The summed E-state index contributed by atoms with van der Waals surface area (Å²) in [6, 6.07) is 2.93. The number of benzene rings is 1. The van der Waals surface area contributed by atoms with Gasteiger partial charge in [-0.15, -0.1) is 0 Å². The first-order valence-electron chi connectivity index (χ1n) is 5.94. The number of thiocarbonyl (C=S) groups is 1. The molecular formula is C12H17FN2O3S2. The molecule has 0 fully saturated rings. The number of nitrogens with zero attached hydrogens (tertiary/aromatic N) is 1. The van der Waals surface area contributed by atoms with Crippen LogP contribution in [0.4, 0.5) is 4.39 Å². The third-order valence-corrected chi connectivity index (χ3v) is 5.00. The lowest BCUT2D eigenvalue weighted by Gasteiger charge is -2.25. The topological polar surface area (TPSA) is 83.6 Å². The second-order valence-corrected chi connectivity index (χ2v) is 6.77. The molecule has 3 N–H and O–H groups in total. The van der Waals surface area contributed by atoms with Crippen LogP contribution in [0.5, 0.6) is 0 Å². The highest BCUT2D eigenvalue weighted by Gasteiger charge is 2.27. The Bertz CT molecular complexity index is 603. The van der Waals surface area contributed by atoms with Crippen LogP contribution in [0, 0.1) is 5.82 Å². The van der Waals surface area contributed by atoms with Gasteiger partial charge in [0.2, 0.25) is 10.0 Å². The Kier molecular flexibility index (Phi) is 5.58. The number of halogens is 1. The minimum absolute atomic E-state index is 0.0419. The predicted octanol–water partition coefficient (Wildman–Crippen LogP) is 0.851. The maximum atomic E-state index is 13.5. The second kappa shape index (κ2) is 6.57. The molecule has 0 aliphatic heterocycles. The molecule has 1 aromatic carbocycles. The van der Waals surface area contributed by atoms with Crippen molar-refractivity contribution in [1.29, 1.82) is 0 Å².